The molecule has 9 nitrogen and oxygen atoms in total. The molecule has 3 rings (SSSR count). The number of nitrogens with two attached hydrogens (primary N) is 1. The van der Waals surface area contributed by atoms with E-state index >= 15 is 0 Å². The van der Waals surface area contributed by atoms with Gasteiger partial charge in [-0.25, -0.2) is 0 Å². The van der Waals surface area contributed by atoms with Gasteiger partial charge >= 0.3 is 0 Å². The van der Waals surface area contributed by atoms with Gasteiger partial charge in [0.05, 0.1) is 6.54 Å². The third-order valence-corrected chi connectivity index (χ3v) is 5.00. The first kappa shape index (κ1) is 19.9. The number of aryl methyl sites for hydroxylation is 1. The second-order valence-electron chi connectivity index (χ2n) is 7.63. The lowest BCUT2D eigenvalue weighted by molar-refractivity contribution is 0.241. The molecule has 0 radical (unpaired) electrons. The number of anilines is 1. The van der Waals surface area contributed by atoms with Gasteiger partial charge in [-0.3, -0.25) is 10.3 Å². The minimum absolute atomic E-state index is 0.0927. The Morgan fingerprint density at radius 1 is 1.25 bits per heavy atom. The van der Waals surface area contributed by atoms with Crippen LogP contribution in [0.15, 0.2) is 34.9 Å². The van der Waals surface area contributed by atoms with Crippen molar-refractivity contribution in [3.8, 4) is 0 Å². The third-order valence-electron chi connectivity index (χ3n) is 5.00. The van der Waals surface area contributed by atoms with Crippen molar-refractivity contribution in [3.05, 3.63) is 41.5 Å². The Bertz CT molecular complexity index is 832. The second kappa shape index (κ2) is 8.92. The first-order chi connectivity index (χ1) is 13.5. The van der Waals surface area contributed by atoms with Crippen molar-refractivity contribution in [2.45, 2.75) is 26.8 Å². The predicted octanol–water partition coefficient (Wildman–Crippen LogP) is 1.99. The van der Waals surface area contributed by atoms with Crippen LogP contribution in [0.1, 0.15) is 30.8 Å². The van der Waals surface area contributed by atoms with Crippen molar-refractivity contribution < 1.29 is 0 Å². The number of amidine groups is 1. The molecule has 0 spiro atoms. The lowest BCUT2D eigenvalue weighted by Gasteiger charge is -2.36. The molecule has 0 bridgehead atoms. The minimum atomic E-state index is 0.0927. The van der Waals surface area contributed by atoms with Gasteiger partial charge in [-0.1, -0.05) is 25.1 Å². The highest BCUT2D eigenvalue weighted by molar-refractivity contribution is 6.02. The number of rotatable bonds is 6. The molecule has 1 fully saturated rings. The molecule has 3 N–H and O–H groups in total. The third kappa shape index (κ3) is 4.72. The van der Waals surface area contributed by atoms with Gasteiger partial charge in [0.2, 0.25) is 0 Å². The van der Waals surface area contributed by atoms with E-state index in [-0.39, 0.29) is 5.84 Å². The summed E-state index contributed by atoms with van der Waals surface area (Å²) >= 11 is 0. The van der Waals surface area contributed by atoms with E-state index in [1.807, 2.05) is 17.7 Å². The van der Waals surface area contributed by atoms with Crippen LogP contribution >= 0.6 is 0 Å². The standard InChI is InChI=1S/C19H29N9/c1-14(2)10-15-4-5-16(19(20)24-25-21)17(11-15)28-8-6-27(7-9-28)12-18-23-22-13-26(18)3/h4-5,11,13-14H,6-10,12H2,1-3H3,(H3,20,21,24). The topological polar surface area (TPSA) is 112 Å². The van der Waals surface area contributed by atoms with Gasteiger partial charge in [0, 0.05) is 44.5 Å². The molecule has 1 aromatic heterocycles. The smallest absolute Gasteiger partial charge is 0.178 e. The van der Waals surface area contributed by atoms with Gasteiger partial charge in [0.15, 0.2) is 5.84 Å². The molecule has 1 saturated heterocycles. The summed E-state index contributed by atoms with van der Waals surface area (Å²) in [7, 11) is 1.97. The molecule has 0 unspecified atom stereocenters. The number of benzene rings is 1. The quantitative estimate of drug-likeness (QED) is 0.260. The van der Waals surface area contributed by atoms with Crippen LogP contribution in [0.5, 0.6) is 0 Å². The Kier molecular flexibility index (Phi) is 6.35. The SMILES string of the molecule is CC(C)Cc1ccc(C(=N)N=NN)c(N2CCN(Cc3nncn3C)CC2)c1. The molecule has 150 valence electrons. The zero-order chi connectivity index (χ0) is 20.1. The normalized spacial score (nSPS) is 15.6. The molecule has 1 aliphatic rings. The first-order valence-electron chi connectivity index (χ1n) is 9.61. The summed E-state index contributed by atoms with van der Waals surface area (Å²) in [4.78, 5) is 4.70. The van der Waals surface area contributed by atoms with E-state index in [0.29, 0.717) is 5.92 Å². The summed E-state index contributed by atoms with van der Waals surface area (Å²) in [5.41, 5.74) is 3.07. The van der Waals surface area contributed by atoms with Crippen molar-refractivity contribution in [1.29, 1.82) is 5.41 Å². The molecule has 2 aromatic rings. The van der Waals surface area contributed by atoms with E-state index in [4.69, 9.17) is 11.3 Å². The maximum absolute atomic E-state index is 8.20. The van der Waals surface area contributed by atoms with Crippen molar-refractivity contribution in [2.75, 3.05) is 31.1 Å². The number of hydrogen-bond acceptors (Lipinski definition) is 6. The molecule has 9 heteroatoms. The second-order valence-corrected chi connectivity index (χ2v) is 7.63. The minimum Gasteiger partial charge on any atom is -0.368 e. The van der Waals surface area contributed by atoms with Gasteiger partial charge in [0.25, 0.3) is 0 Å². The summed E-state index contributed by atoms with van der Waals surface area (Å²) in [6.45, 7) is 8.82. The van der Waals surface area contributed by atoms with Crippen LogP contribution in [0.3, 0.4) is 0 Å². The molecule has 28 heavy (non-hydrogen) atoms. The van der Waals surface area contributed by atoms with E-state index in [0.717, 1.165) is 56.2 Å². The number of piperazine rings is 1. The van der Waals surface area contributed by atoms with Crippen LogP contribution in [-0.4, -0.2) is 51.7 Å². The average molecular weight is 384 g/mol. The fourth-order valence-corrected chi connectivity index (χ4v) is 3.55. The summed E-state index contributed by atoms with van der Waals surface area (Å²) in [6.07, 6.45) is 2.74. The maximum Gasteiger partial charge on any atom is 0.178 e. The highest BCUT2D eigenvalue weighted by Gasteiger charge is 2.22. The molecule has 1 aliphatic heterocycles. The highest BCUT2D eigenvalue weighted by atomic mass is 15.3. The average Bonchev–Trinajstić information content (AvgIpc) is 3.06. The van der Waals surface area contributed by atoms with E-state index in [1.165, 1.54) is 5.56 Å². The van der Waals surface area contributed by atoms with Gasteiger partial charge in [-0.05, 0) is 30.0 Å². The predicted molar refractivity (Wildman–Crippen MR) is 109 cm³/mol. The van der Waals surface area contributed by atoms with Crippen LogP contribution in [0.25, 0.3) is 0 Å². The zero-order valence-corrected chi connectivity index (χ0v) is 16.8. The fourth-order valence-electron chi connectivity index (χ4n) is 3.55. The Labute approximate surface area is 165 Å². The fraction of sp³-hybridized carbons (Fsp3) is 0.526. The lowest BCUT2D eigenvalue weighted by Crippen LogP contribution is -2.46. The molecule has 1 aromatic carbocycles. The van der Waals surface area contributed by atoms with Gasteiger partial charge < -0.3 is 15.3 Å². The van der Waals surface area contributed by atoms with Gasteiger partial charge in [-0.15, -0.1) is 15.3 Å². The molecular formula is C19H29N9. The Balaban J connectivity index is 1.76. The van der Waals surface area contributed by atoms with E-state index in [2.05, 4.69) is 56.3 Å². The molecule has 0 saturated carbocycles. The van der Waals surface area contributed by atoms with Crippen LogP contribution in [0.4, 0.5) is 5.69 Å². The van der Waals surface area contributed by atoms with Crippen molar-refractivity contribution in [3.63, 3.8) is 0 Å². The lowest BCUT2D eigenvalue weighted by atomic mass is 9.99. The van der Waals surface area contributed by atoms with Crippen LogP contribution in [0.2, 0.25) is 0 Å². The Hall–Kier alpha value is -2.81. The Morgan fingerprint density at radius 2 is 2.00 bits per heavy atom. The van der Waals surface area contributed by atoms with E-state index in [1.54, 1.807) is 6.33 Å². The molecule has 0 atom stereocenters. The summed E-state index contributed by atoms with van der Waals surface area (Å²) < 4.78 is 1.96. The molecular weight excluding hydrogens is 354 g/mol. The van der Waals surface area contributed by atoms with Crippen molar-refractivity contribution >= 4 is 11.5 Å². The molecule has 0 aliphatic carbocycles. The summed E-state index contributed by atoms with van der Waals surface area (Å²) in [6, 6.07) is 6.23. The van der Waals surface area contributed by atoms with E-state index < -0.39 is 0 Å². The number of aromatic nitrogens is 3. The van der Waals surface area contributed by atoms with Gasteiger partial charge in [0.1, 0.15) is 12.2 Å². The number of hydrogen-bond donors (Lipinski definition) is 2. The Morgan fingerprint density at radius 3 is 2.61 bits per heavy atom. The van der Waals surface area contributed by atoms with Crippen LogP contribution < -0.4 is 10.7 Å². The van der Waals surface area contributed by atoms with Crippen LogP contribution in [-0.2, 0) is 20.0 Å². The van der Waals surface area contributed by atoms with Crippen molar-refractivity contribution in [1.82, 2.24) is 19.7 Å². The summed E-state index contributed by atoms with van der Waals surface area (Å²) in [5, 5.41) is 23.4. The highest BCUT2D eigenvalue weighted by Crippen LogP contribution is 2.26. The maximum atomic E-state index is 8.20. The van der Waals surface area contributed by atoms with E-state index in [9.17, 15) is 0 Å². The molecule has 0 amide bonds. The van der Waals surface area contributed by atoms with Gasteiger partial charge in [-0.2, -0.15) is 0 Å². The summed E-state index contributed by atoms with van der Waals surface area (Å²) in [5.74, 6) is 6.81. The van der Waals surface area contributed by atoms with Crippen molar-refractivity contribution in [2.24, 2.45) is 29.1 Å². The van der Waals surface area contributed by atoms with Crippen LogP contribution in [0, 0.1) is 11.3 Å². The zero-order valence-electron chi connectivity index (χ0n) is 16.8. The number of nitrogens with one attached hydrogen (secondary N) is 1. The number of nitrogens with zero attached hydrogens (tertiary/aromatic N) is 7. The largest absolute Gasteiger partial charge is 0.368 e. The molecule has 2 heterocycles. The monoisotopic (exact) mass is 383 g/mol. The first-order valence-corrected chi connectivity index (χ1v) is 9.61.